The molecule has 0 saturated heterocycles. The highest BCUT2D eigenvalue weighted by atomic mass is 16.3. The van der Waals surface area contributed by atoms with Gasteiger partial charge in [-0.3, -0.25) is 20.4 Å². The molecule has 0 aliphatic carbocycles. The van der Waals surface area contributed by atoms with E-state index in [4.69, 9.17) is 21.9 Å². The summed E-state index contributed by atoms with van der Waals surface area (Å²) in [6.45, 7) is 0. The number of benzene rings is 2. The van der Waals surface area contributed by atoms with Crippen LogP contribution in [0.1, 0.15) is 20.7 Å². The lowest BCUT2D eigenvalue weighted by molar-refractivity contribution is 0.0942. The molecule has 0 bridgehead atoms. The van der Waals surface area contributed by atoms with E-state index in [9.17, 15) is 9.59 Å². The maximum absolute atomic E-state index is 10.8. The number of hydrogen-bond acceptors (Lipinski definition) is 6. The van der Waals surface area contributed by atoms with Gasteiger partial charge in [0.15, 0.2) is 0 Å². The van der Waals surface area contributed by atoms with Gasteiger partial charge in [-0.1, -0.05) is 24.3 Å². The molecule has 0 aromatic heterocycles. The molecule has 0 aliphatic rings. The third-order valence-corrected chi connectivity index (χ3v) is 2.56. The van der Waals surface area contributed by atoms with Gasteiger partial charge < -0.3 is 10.2 Å². The molecule has 2 rings (SSSR count). The molecule has 0 radical (unpaired) electrons. The van der Waals surface area contributed by atoms with Gasteiger partial charge in [0.2, 0.25) is 0 Å². The number of carbonyl (C=O) groups excluding carboxylic acids is 2. The van der Waals surface area contributed by atoms with E-state index in [2.05, 4.69) is 0 Å². The second-order valence-corrected chi connectivity index (χ2v) is 3.98. The van der Waals surface area contributed by atoms with Gasteiger partial charge in [0, 0.05) is 0 Å². The Morgan fingerprint density at radius 3 is 1.32 bits per heavy atom. The molecule has 8 heteroatoms. The molecule has 0 atom stereocenters. The van der Waals surface area contributed by atoms with Crippen LogP contribution in [0.2, 0.25) is 0 Å². The van der Waals surface area contributed by atoms with E-state index in [0.29, 0.717) is 0 Å². The van der Waals surface area contributed by atoms with Crippen LogP contribution in [0.3, 0.4) is 0 Å². The Morgan fingerprint density at radius 1 is 0.727 bits per heavy atom. The summed E-state index contributed by atoms with van der Waals surface area (Å²) in [6.07, 6.45) is 0. The van der Waals surface area contributed by atoms with Crippen LogP contribution in [0.4, 0.5) is 0 Å². The monoisotopic (exact) mass is 304 g/mol. The molecule has 0 spiro atoms. The standard InChI is InChI=1S/2C7H8N2O2/c2*8-9-7(11)5-3-1-2-4-6(5)10/h2*1-4,10H,8H2,(H,9,11). The number of nitrogen functional groups attached to an aromatic ring is 2. The molecule has 0 unspecified atom stereocenters. The fourth-order valence-electron chi connectivity index (χ4n) is 1.49. The average molecular weight is 304 g/mol. The summed E-state index contributed by atoms with van der Waals surface area (Å²) in [6, 6.07) is 12.4. The minimum absolute atomic E-state index is 0.0737. The van der Waals surface area contributed by atoms with E-state index >= 15 is 0 Å². The summed E-state index contributed by atoms with van der Waals surface area (Å²) in [5, 5.41) is 18.2. The molecule has 0 aliphatic heterocycles. The van der Waals surface area contributed by atoms with E-state index < -0.39 is 11.8 Å². The van der Waals surface area contributed by atoms with Crippen molar-refractivity contribution in [3.63, 3.8) is 0 Å². The highest BCUT2D eigenvalue weighted by Gasteiger charge is 2.07. The summed E-state index contributed by atoms with van der Waals surface area (Å²) >= 11 is 0. The molecule has 116 valence electrons. The Morgan fingerprint density at radius 2 is 1.05 bits per heavy atom. The number of amides is 2. The Bertz CT molecular complexity index is 603. The van der Waals surface area contributed by atoms with Crippen molar-refractivity contribution in [2.24, 2.45) is 11.7 Å². The average Bonchev–Trinajstić information content (AvgIpc) is 2.55. The fraction of sp³-hybridized carbons (Fsp3) is 0. The Hall–Kier alpha value is -3.10. The van der Waals surface area contributed by atoms with E-state index in [1.807, 2.05) is 10.9 Å². The van der Waals surface area contributed by atoms with Crippen LogP contribution in [-0.2, 0) is 0 Å². The topological polar surface area (TPSA) is 151 Å². The first-order chi connectivity index (χ1) is 10.5. The summed E-state index contributed by atoms with van der Waals surface area (Å²) in [5.74, 6) is 8.58. The number of aromatic hydroxyl groups is 2. The Balaban J connectivity index is 0.000000220. The molecule has 2 aromatic rings. The van der Waals surface area contributed by atoms with Crippen molar-refractivity contribution in [1.29, 1.82) is 0 Å². The quantitative estimate of drug-likeness (QED) is 0.261. The number of phenols is 2. The van der Waals surface area contributed by atoms with Gasteiger partial charge in [-0.05, 0) is 24.3 Å². The van der Waals surface area contributed by atoms with E-state index in [1.165, 1.54) is 24.3 Å². The first-order valence-corrected chi connectivity index (χ1v) is 6.09. The predicted molar refractivity (Wildman–Crippen MR) is 79.5 cm³/mol. The highest BCUT2D eigenvalue weighted by molar-refractivity contribution is 5.96. The maximum atomic E-state index is 10.8. The minimum Gasteiger partial charge on any atom is -0.507 e. The predicted octanol–water partition coefficient (Wildman–Crippen LogP) is -0.00860. The van der Waals surface area contributed by atoms with Gasteiger partial charge in [-0.15, -0.1) is 0 Å². The lowest BCUT2D eigenvalue weighted by atomic mass is 10.2. The number of carbonyl (C=O) groups is 2. The van der Waals surface area contributed by atoms with Gasteiger partial charge in [-0.25, -0.2) is 11.7 Å². The van der Waals surface area contributed by atoms with E-state index in [0.717, 1.165) is 0 Å². The van der Waals surface area contributed by atoms with Crippen LogP contribution in [0.15, 0.2) is 48.5 Å². The lowest BCUT2D eigenvalue weighted by Crippen LogP contribution is -2.29. The van der Waals surface area contributed by atoms with Crippen LogP contribution < -0.4 is 22.5 Å². The van der Waals surface area contributed by atoms with Gasteiger partial charge in [-0.2, -0.15) is 0 Å². The van der Waals surface area contributed by atoms with Crippen molar-refractivity contribution in [1.82, 2.24) is 10.9 Å². The number of hydrazine groups is 2. The van der Waals surface area contributed by atoms with Crippen LogP contribution in [0, 0.1) is 0 Å². The lowest BCUT2D eigenvalue weighted by Gasteiger charge is -2.00. The molecular weight excluding hydrogens is 288 g/mol. The van der Waals surface area contributed by atoms with Gasteiger partial charge in [0.25, 0.3) is 11.8 Å². The zero-order chi connectivity index (χ0) is 16.5. The molecule has 8 nitrogen and oxygen atoms in total. The number of para-hydroxylation sites is 2. The van der Waals surface area contributed by atoms with Crippen LogP contribution in [0.25, 0.3) is 0 Å². The van der Waals surface area contributed by atoms with Crippen molar-refractivity contribution in [2.75, 3.05) is 0 Å². The molecule has 2 amide bonds. The molecular formula is C14H16N4O4. The zero-order valence-electron chi connectivity index (χ0n) is 11.5. The second kappa shape index (κ2) is 8.25. The smallest absolute Gasteiger partial charge is 0.268 e. The molecule has 0 fully saturated rings. The first kappa shape index (κ1) is 17.0. The largest absolute Gasteiger partial charge is 0.507 e. The van der Waals surface area contributed by atoms with E-state index in [-0.39, 0.29) is 22.6 Å². The molecule has 0 heterocycles. The Labute approximate surface area is 126 Å². The maximum Gasteiger partial charge on any atom is 0.268 e. The van der Waals surface area contributed by atoms with Crippen LogP contribution in [0.5, 0.6) is 11.5 Å². The van der Waals surface area contributed by atoms with Crippen molar-refractivity contribution in [3.8, 4) is 11.5 Å². The highest BCUT2D eigenvalue weighted by Crippen LogP contribution is 2.15. The zero-order valence-corrected chi connectivity index (χ0v) is 11.5. The summed E-state index contributed by atoms with van der Waals surface area (Å²) < 4.78 is 0. The number of hydrogen-bond donors (Lipinski definition) is 6. The minimum atomic E-state index is -0.497. The Kier molecular flexibility index (Phi) is 6.35. The number of rotatable bonds is 2. The van der Waals surface area contributed by atoms with Crippen molar-refractivity contribution < 1.29 is 19.8 Å². The number of nitrogens with one attached hydrogen (secondary N) is 2. The molecule has 8 N–H and O–H groups in total. The van der Waals surface area contributed by atoms with Gasteiger partial charge in [0.1, 0.15) is 11.5 Å². The van der Waals surface area contributed by atoms with Crippen LogP contribution >= 0.6 is 0 Å². The third kappa shape index (κ3) is 4.47. The third-order valence-electron chi connectivity index (χ3n) is 2.56. The van der Waals surface area contributed by atoms with Crippen molar-refractivity contribution in [2.45, 2.75) is 0 Å². The van der Waals surface area contributed by atoms with Crippen LogP contribution in [-0.4, -0.2) is 22.0 Å². The molecule has 0 saturated carbocycles. The number of phenolic OH excluding ortho intramolecular Hbond substituents is 2. The SMILES string of the molecule is NNC(=O)c1ccccc1O.NNC(=O)c1ccccc1O. The van der Waals surface area contributed by atoms with E-state index in [1.54, 1.807) is 24.3 Å². The van der Waals surface area contributed by atoms with Crippen molar-refractivity contribution in [3.05, 3.63) is 59.7 Å². The fourth-order valence-corrected chi connectivity index (χ4v) is 1.49. The first-order valence-electron chi connectivity index (χ1n) is 6.09. The summed E-state index contributed by atoms with van der Waals surface area (Å²) in [7, 11) is 0. The summed E-state index contributed by atoms with van der Waals surface area (Å²) in [4.78, 5) is 21.7. The molecule has 22 heavy (non-hydrogen) atoms. The van der Waals surface area contributed by atoms with Crippen molar-refractivity contribution >= 4 is 11.8 Å². The van der Waals surface area contributed by atoms with Gasteiger partial charge >= 0.3 is 0 Å². The van der Waals surface area contributed by atoms with Gasteiger partial charge in [0.05, 0.1) is 11.1 Å². The normalized spacial score (nSPS) is 9.18. The number of nitrogens with two attached hydrogens (primary N) is 2. The second-order valence-electron chi connectivity index (χ2n) is 3.98. The summed E-state index contributed by atoms with van der Waals surface area (Å²) in [5.41, 5.74) is 4.20. The molecule has 2 aromatic carbocycles.